The van der Waals surface area contributed by atoms with E-state index in [1.807, 2.05) is 17.1 Å². The highest BCUT2D eigenvalue weighted by atomic mass is 19.1. The first-order valence-corrected chi connectivity index (χ1v) is 6.12. The van der Waals surface area contributed by atoms with Crippen LogP contribution in [0.3, 0.4) is 0 Å². The second-order valence-corrected chi connectivity index (χ2v) is 4.83. The maximum Gasteiger partial charge on any atom is 0.104 e. The zero-order valence-electron chi connectivity index (χ0n) is 9.31. The number of nitrogens with zero attached hydrogens (tertiary/aromatic N) is 2. The Balaban J connectivity index is 1.67. The number of halogens is 1. The molecule has 3 rings (SSSR count). The summed E-state index contributed by atoms with van der Waals surface area (Å²) < 4.78 is 20.4. The van der Waals surface area contributed by atoms with Crippen LogP contribution < -0.4 is 0 Å². The van der Waals surface area contributed by atoms with E-state index in [2.05, 4.69) is 5.10 Å². The molecule has 2 heterocycles. The summed E-state index contributed by atoms with van der Waals surface area (Å²) in [6.07, 6.45) is 8.21. The molecule has 4 heteroatoms. The predicted molar refractivity (Wildman–Crippen MR) is 57.9 cm³/mol. The SMILES string of the molecule is FC1CC(n2cc(C3CCCCO3)cn2)C1. The minimum atomic E-state index is -0.622. The number of hydrogen-bond acceptors (Lipinski definition) is 2. The van der Waals surface area contributed by atoms with Crippen LogP contribution in [0.1, 0.15) is 49.8 Å². The van der Waals surface area contributed by atoms with Gasteiger partial charge in [-0.1, -0.05) is 0 Å². The third-order valence-corrected chi connectivity index (χ3v) is 3.60. The van der Waals surface area contributed by atoms with Crippen LogP contribution >= 0.6 is 0 Å². The van der Waals surface area contributed by atoms with Gasteiger partial charge >= 0.3 is 0 Å². The molecule has 88 valence electrons. The fourth-order valence-electron chi connectivity index (χ4n) is 2.46. The first-order valence-electron chi connectivity index (χ1n) is 6.12. The fraction of sp³-hybridized carbons (Fsp3) is 0.750. The van der Waals surface area contributed by atoms with Crippen molar-refractivity contribution in [2.75, 3.05) is 6.61 Å². The molecule has 0 radical (unpaired) electrons. The third kappa shape index (κ3) is 1.86. The molecule has 0 amide bonds. The maximum absolute atomic E-state index is 12.7. The van der Waals surface area contributed by atoms with Gasteiger partial charge in [0.15, 0.2) is 0 Å². The van der Waals surface area contributed by atoms with E-state index in [0.29, 0.717) is 12.8 Å². The van der Waals surface area contributed by atoms with Gasteiger partial charge in [0.1, 0.15) is 6.17 Å². The molecule has 1 unspecified atom stereocenters. The van der Waals surface area contributed by atoms with Crippen LogP contribution in [0.5, 0.6) is 0 Å². The highest BCUT2D eigenvalue weighted by Gasteiger charge is 2.31. The minimum absolute atomic E-state index is 0.212. The highest BCUT2D eigenvalue weighted by molar-refractivity contribution is 5.10. The molecule has 0 bridgehead atoms. The lowest BCUT2D eigenvalue weighted by Crippen LogP contribution is -2.28. The van der Waals surface area contributed by atoms with E-state index in [1.165, 1.54) is 6.42 Å². The second kappa shape index (κ2) is 4.17. The van der Waals surface area contributed by atoms with E-state index in [0.717, 1.165) is 25.0 Å². The Morgan fingerprint density at radius 1 is 1.38 bits per heavy atom. The van der Waals surface area contributed by atoms with Crippen LogP contribution in [-0.4, -0.2) is 22.6 Å². The van der Waals surface area contributed by atoms with Gasteiger partial charge in [-0.05, 0) is 19.3 Å². The summed E-state index contributed by atoms with van der Waals surface area (Å²) in [4.78, 5) is 0. The molecule has 1 atom stereocenters. The number of aromatic nitrogens is 2. The van der Waals surface area contributed by atoms with Crippen molar-refractivity contribution in [3.05, 3.63) is 18.0 Å². The Bertz CT molecular complexity index is 354. The molecule has 1 aliphatic carbocycles. The Morgan fingerprint density at radius 3 is 2.94 bits per heavy atom. The number of rotatable bonds is 2. The van der Waals surface area contributed by atoms with E-state index < -0.39 is 6.17 Å². The van der Waals surface area contributed by atoms with Gasteiger partial charge in [0, 0.05) is 31.2 Å². The van der Waals surface area contributed by atoms with E-state index >= 15 is 0 Å². The molecule has 1 aromatic rings. The third-order valence-electron chi connectivity index (χ3n) is 3.60. The van der Waals surface area contributed by atoms with Crippen LogP contribution in [0.2, 0.25) is 0 Å². The van der Waals surface area contributed by atoms with Crippen molar-refractivity contribution in [1.82, 2.24) is 9.78 Å². The van der Waals surface area contributed by atoms with Gasteiger partial charge < -0.3 is 4.74 Å². The van der Waals surface area contributed by atoms with Gasteiger partial charge in [0.05, 0.1) is 18.3 Å². The summed E-state index contributed by atoms with van der Waals surface area (Å²) in [7, 11) is 0. The van der Waals surface area contributed by atoms with E-state index in [9.17, 15) is 4.39 Å². The summed E-state index contributed by atoms with van der Waals surface area (Å²) in [5.41, 5.74) is 1.15. The van der Waals surface area contributed by atoms with Gasteiger partial charge in [0.2, 0.25) is 0 Å². The van der Waals surface area contributed by atoms with Crippen molar-refractivity contribution in [3.63, 3.8) is 0 Å². The van der Waals surface area contributed by atoms with Crippen LogP contribution in [0.15, 0.2) is 12.4 Å². The summed E-state index contributed by atoms with van der Waals surface area (Å²) in [6, 6.07) is 0.271. The van der Waals surface area contributed by atoms with Crippen molar-refractivity contribution in [3.8, 4) is 0 Å². The van der Waals surface area contributed by atoms with Gasteiger partial charge in [0.25, 0.3) is 0 Å². The normalized spacial score (nSPS) is 34.7. The molecule has 0 aromatic carbocycles. The first kappa shape index (κ1) is 10.3. The molecule has 0 N–H and O–H groups in total. The fourth-order valence-corrected chi connectivity index (χ4v) is 2.46. The van der Waals surface area contributed by atoms with E-state index in [1.54, 1.807) is 0 Å². The lowest BCUT2D eigenvalue weighted by atomic mass is 9.91. The Hall–Kier alpha value is -0.900. The van der Waals surface area contributed by atoms with Crippen LogP contribution in [0.4, 0.5) is 4.39 Å². The lowest BCUT2D eigenvalue weighted by molar-refractivity contribution is 0.0148. The standard InChI is InChI=1S/C12H17FN2O/c13-10-5-11(6-10)15-8-9(7-14-15)12-3-1-2-4-16-12/h7-8,10-12H,1-6H2. The Morgan fingerprint density at radius 2 is 2.25 bits per heavy atom. The Kier molecular flexibility index (Phi) is 2.67. The lowest BCUT2D eigenvalue weighted by Gasteiger charge is -2.29. The maximum atomic E-state index is 12.7. The zero-order chi connectivity index (χ0) is 11.0. The molecule has 2 aliphatic rings. The quantitative estimate of drug-likeness (QED) is 0.772. The van der Waals surface area contributed by atoms with Gasteiger partial charge in [-0.15, -0.1) is 0 Å². The summed E-state index contributed by atoms with van der Waals surface area (Å²) in [5, 5.41) is 4.32. The zero-order valence-corrected chi connectivity index (χ0v) is 9.31. The molecular formula is C12H17FN2O. The van der Waals surface area contributed by atoms with Crippen molar-refractivity contribution in [2.24, 2.45) is 0 Å². The smallest absolute Gasteiger partial charge is 0.104 e. The second-order valence-electron chi connectivity index (χ2n) is 4.83. The van der Waals surface area contributed by atoms with Crippen molar-refractivity contribution >= 4 is 0 Å². The largest absolute Gasteiger partial charge is 0.373 e. The summed E-state index contributed by atoms with van der Waals surface area (Å²) in [6.45, 7) is 0.853. The first-order chi connectivity index (χ1) is 7.83. The number of alkyl halides is 1. The predicted octanol–water partition coefficient (Wildman–Crippen LogP) is 2.80. The van der Waals surface area contributed by atoms with Crippen molar-refractivity contribution in [1.29, 1.82) is 0 Å². The van der Waals surface area contributed by atoms with Crippen LogP contribution in [-0.2, 0) is 4.74 Å². The van der Waals surface area contributed by atoms with Crippen LogP contribution in [0.25, 0.3) is 0 Å². The monoisotopic (exact) mass is 224 g/mol. The topological polar surface area (TPSA) is 27.1 Å². The molecule has 0 spiro atoms. The number of ether oxygens (including phenoxy) is 1. The average molecular weight is 224 g/mol. The molecule has 3 nitrogen and oxygen atoms in total. The van der Waals surface area contributed by atoms with Gasteiger partial charge in [-0.2, -0.15) is 5.10 Å². The van der Waals surface area contributed by atoms with Crippen molar-refractivity contribution in [2.45, 2.75) is 50.4 Å². The molecule has 1 aliphatic heterocycles. The van der Waals surface area contributed by atoms with Crippen molar-refractivity contribution < 1.29 is 9.13 Å². The van der Waals surface area contributed by atoms with E-state index in [4.69, 9.17) is 4.74 Å². The van der Waals surface area contributed by atoms with E-state index in [-0.39, 0.29) is 12.1 Å². The number of hydrogen-bond donors (Lipinski definition) is 0. The van der Waals surface area contributed by atoms with Gasteiger partial charge in [-0.3, -0.25) is 4.68 Å². The average Bonchev–Trinajstić information content (AvgIpc) is 2.75. The van der Waals surface area contributed by atoms with Gasteiger partial charge in [-0.25, -0.2) is 4.39 Å². The molecule has 1 saturated heterocycles. The molecule has 1 aromatic heterocycles. The Labute approximate surface area is 94.6 Å². The molecule has 1 saturated carbocycles. The molecular weight excluding hydrogens is 207 g/mol. The summed E-state index contributed by atoms with van der Waals surface area (Å²) >= 11 is 0. The molecule has 16 heavy (non-hydrogen) atoms. The summed E-state index contributed by atoms with van der Waals surface area (Å²) in [5.74, 6) is 0. The molecule has 2 fully saturated rings. The minimum Gasteiger partial charge on any atom is -0.373 e. The van der Waals surface area contributed by atoms with Crippen LogP contribution in [0, 0.1) is 0 Å². The highest BCUT2D eigenvalue weighted by Crippen LogP contribution is 2.35.